The first kappa shape index (κ1) is 16.2. The van der Waals surface area contributed by atoms with Crippen molar-refractivity contribution in [1.82, 2.24) is 10.3 Å². The molecule has 116 valence electrons. The zero-order chi connectivity index (χ0) is 16.1. The van der Waals surface area contributed by atoms with Crippen molar-refractivity contribution in [3.63, 3.8) is 0 Å². The number of rotatable bonds is 5. The van der Waals surface area contributed by atoms with Gasteiger partial charge in [-0.05, 0) is 18.9 Å². The maximum atomic E-state index is 11.9. The van der Waals surface area contributed by atoms with Gasteiger partial charge in [-0.2, -0.15) is 0 Å². The van der Waals surface area contributed by atoms with Crippen LogP contribution in [-0.4, -0.2) is 22.8 Å². The minimum absolute atomic E-state index is 0.238. The first-order chi connectivity index (χ1) is 10.5. The molecule has 0 fully saturated rings. The molecule has 1 heterocycles. The fraction of sp³-hybridized carbons (Fsp3) is 0.312. The highest BCUT2D eigenvalue weighted by Crippen LogP contribution is 2.25. The summed E-state index contributed by atoms with van der Waals surface area (Å²) in [5, 5.41) is 7.68. The van der Waals surface area contributed by atoms with E-state index in [1.54, 1.807) is 6.92 Å². The Hall–Kier alpha value is -2.21. The zero-order valence-corrected chi connectivity index (χ0v) is 13.7. The van der Waals surface area contributed by atoms with Crippen molar-refractivity contribution in [2.75, 3.05) is 5.32 Å². The number of hydrogen-bond acceptors (Lipinski definition) is 4. The van der Waals surface area contributed by atoms with Crippen LogP contribution in [-0.2, 0) is 16.0 Å². The van der Waals surface area contributed by atoms with Crippen molar-refractivity contribution < 1.29 is 9.59 Å². The van der Waals surface area contributed by atoms with Gasteiger partial charge in [0.15, 0.2) is 5.13 Å². The third-order valence-corrected chi connectivity index (χ3v) is 3.96. The zero-order valence-electron chi connectivity index (χ0n) is 12.8. The van der Waals surface area contributed by atoms with Gasteiger partial charge in [0.2, 0.25) is 11.8 Å². The lowest BCUT2D eigenvalue weighted by atomic mass is 10.1. The van der Waals surface area contributed by atoms with Crippen molar-refractivity contribution in [2.45, 2.75) is 33.2 Å². The van der Waals surface area contributed by atoms with Crippen LogP contribution in [0.3, 0.4) is 0 Å². The predicted octanol–water partition coefficient (Wildman–Crippen LogP) is 2.84. The van der Waals surface area contributed by atoms with Gasteiger partial charge in [0, 0.05) is 17.9 Å². The molecule has 0 aliphatic rings. The number of carbonyl (C=O) groups excluding carboxylic acids is 2. The number of aromatic nitrogens is 1. The molecular weight excluding hydrogens is 298 g/mol. The Morgan fingerprint density at radius 1 is 1.27 bits per heavy atom. The molecule has 0 saturated carbocycles. The fourth-order valence-electron chi connectivity index (χ4n) is 1.96. The molecule has 0 aliphatic carbocycles. The van der Waals surface area contributed by atoms with Crippen LogP contribution in [0.4, 0.5) is 5.13 Å². The SMILES string of the molecule is CCc1ccc(-c2csc(NC(=O)C(C)NC(C)=O)n2)cc1. The van der Waals surface area contributed by atoms with Crippen molar-refractivity contribution in [1.29, 1.82) is 0 Å². The minimum Gasteiger partial charge on any atom is -0.345 e. The lowest BCUT2D eigenvalue weighted by Gasteiger charge is -2.10. The summed E-state index contributed by atoms with van der Waals surface area (Å²) < 4.78 is 0. The van der Waals surface area contributed by atoms with Crippen LogP contribution in [0.1, 0.15) is 26.3 Å². The van der Waals surface area contributed by atoms with Crippen LogP contribution in [0.5, 0.6) is 0 Å². The number of carbonyl (C=O) groups is 2. The predicted molar refractivity (Wildman–Crippen MR) is 88.8 cm³/mol. The van der Waals surface area contributed by atoms with Gasteiger partial charge in [-0.1, -0.05) is 31.2 Å². The van der Waals surface area contributed by atoms with Crippen molar-refractivity contribution in [2.24, 2.45) is 0 Å². The highest BCUT2D eigenvalue weighted by Gasteiger charge is 2.15. The average molecular weight is 317 g/mol. The summed E-state index contributed by atoms with van der Waals surface area (Å²) in [6.07, 6.45) is 1.000. The lowest BCUT2D eigenvalue weighted by Crippen LogP contribution is -2.40. The van der Waals surface area contributed by atoms with E-state index >= 15 is 0 Å². The molecule has 2 amide bonds. The monoisotopic (exact) mass is 317 g/mol. The summed E-state index contributed by atoms with van der Waals surface area (Å²) in [4.78, 5) is 27.3. The highest BCUT2D eigenvalue weighted by atomic mass is 32.1. The van der Waals surface area contributed by atoms with Crippen molar-refractivity contribution in [3.8, 4) is 11.3 Å². The lowest BCUT2D eigenvalue weighted by molar-refractivity contribution is -0.124. The maximum Gasteiger partial charge on any atom is 0.248 e. The van der Waals surface area contributed by atoms with E-state index < -0.39 is 6.04 Å². The number of hydrogen-bond donors (Lipinski definition) is 2. The van der Waals surface area contributed by atoms with Gasteiger partial charge in [0.25, 0.3) is 0 Å². The molecule has 2 rings (SSSR count). The molecule has 0 radical (unpaired) electrons. The standard InChI is InChI=1S/C16H19N3O2S/c1-4-12-5-7-13(8-6-12)14-9-22-16(18-14)19-15(21)10(2)17-11(3)20/h5-10H,4H2,1-3H3,(H,17,20)(H,18,19,21). The number of nitrogens with one attached hydrogen (secondary N) is 2. The van der Waals surface area contributed by atoms with E-state index in [0.29, 0.717) is 5.13 Å². The summed E-state index contributed by atoms with van der Waals surface area (Å²) in [5.74, 6) is -0.518. The van der Waals surface area contributed by atoms with Gasteiger partial charge in [-0.3, -0.25) is 9.59 Å². The Morgan fingerprint density at radius 2 is 1.95 bits per heavy atom. The Balaban J connectivity index is 2.04. The highest BCUT2D eigenvalue weighted by molar-refractivity contribution is 7.14. The van der Waals surface area contributed by atoms with E-state index in [1.165, 1.54) is 23.8 Å². The second-order valence-corrected chi connectivity index (χ2v) is 5.86. The number of benzene rings is 1. The molecular formula is C16H19N3O2S. The number of aryl methyl sites for hydroxylation is 1. The molecule has 1 atom stereocenters. The van der Waals surface area contributed by atoms with E-state index in [2.05, 4.69) is 34.7 Å². The summed E-state index contributed by atoms with van der Waals surface area (Å²) in [6, 6.07) is 7.62. The Bertz CT molecular complexity index is 664. The second-order valence-electron chi connectivity index (χ2n) is 5.00. The molecule has 0 bridgehead atoms. The van der Waals surface area contributed by atoms with Gasteiger partial charge < -0.3 is 10.6 Å². The quantitative estimate of drug-likeness (QED) is 0.891. The van der Waals surface area contributed by atoms with Gasteiger partial charge >= 0.3 is 0 Å². The Kier molecular flexibility index (Phi) is 5.27. The smallest absolute Gasteiger partial charge is 0.248 e. The van der Waals surface area contributed by atoms with Crippen LogP contribution in [0.2, 0.25) is 0 Å². The first-order valence-corrected chi connectivity index (χ1v) is 8.00. The van der Waals surface area contributed by atoms with E-state index in [-0.39, 0.29) is 11.8 Å². The van der Waals surface area contributed by atoms with Gasteiger partial charge in [-0.25, -0.2) is 4.98 Å². The molecule has 1 unspecified atom stereocenters. The molecule has 0 aliphatic heterocycles. The van der Waals surface area contributed by atoms with Gasteiger partial charge in [-0.15, -0.1) is 11.3 Å². The number of thiazole rings is 1. The third kappa shape index (κ3) is 4.14. The van der Waals surface area contributed by atoms with E-state index in [0.717, 1.165) is 17.7 Å². The molecule has 2 N–H and O–H groups in total. The third-order valence-electron chi connectivity index (χ3n) is 3.21. The van der Waals surface area contributed by atoms with Crippen LogP contribution in [0, 0.1) is 0 Å². The van der Waals surface area contributed by atoms with Crippen LogP contribution >= 0.6 is 11.3 Å². The molecule has 5 nitrogen and oxygen atoms in total. The number of nitrogens with zero attached hydrogens (tertiary/aromatic N) is 1. The van der Waals surface area contributed by atoms with Crippen molar-refractivity contribution >= 4 is 28.3 Å². The van der Waals surface area contributed by atoms with E-state index in [4.69, 9.17) is 0 Å². The van der Waals surface area contributed by atoms with Crippen molar-refractivity contribution in [3.05, 3.63) is 35.2 Å². The number of anilines is 1. The largest absolute Gasteiger partial charge is 0.345 e. The fourth-order valence-corrected chi connectivity index (χ4v) is 2.68. The topological polar surface area (TPSA) is 71.1 Å². The molecule has 1 aromatic heterocycles. The van der Waals surface area contributed by atoms with Gasteiger partial charge in [0.05, 0.1) is 5.69 Å². The Labute approximate surface area is 133 Å². The van der Waals surface area contributed by atoms with Gasteiger partial charge in [0.1, 0.15) is 6.04 Å². The summed E-state index contributed by atoms with van der Waals surface area (Å²) in [6.45, 7) is 5.13. The van der Waals surface area contributed by atoms with E-state index in [1.807, 2.05) is 17.5 Å². The molecule has 0 spiro atoms. The normalized spacial score (nSPS) is 11.8. The summed E-state index contributed by atoms with van der Waals surface area (Å²) in [5.41, 5.74) is 3.12. The molecule has 0 saturated heterocycles. The average Bonchev–Trinajstić information content (AvgIpc) is 2.95. The molecule has 2 aromatic rings. The Morgan fingerprint density at radius 3 is 2.55 bits per heavy atom. The van der Waals surface area contributed by atoms with Crippen LogP contribution < -0.4 is 10.6 Å². The molecule has 1 aromatic carbocycles. The first-order valence-electron chi connectivity index (χ1n) is 7.12. The minimum atomic E-state index is -0.589. The second kappa shape index (κ2) is 7.17. The summed E-state index contributed by atoms with van der Waals surface area (Å²) in [7, 11) is 0. The summed E-state index contributed by atoms with van der Waals surface area (Å²) >= 11 is 1.36. The van der Waals surface area contributed by atoms with Crippen LogP contribution in [0.15, 0.2) is 29.6 Å². The maximum absolute atomic E-state index is 11.9. The van der Waals surface area contributed by atoms with Crippen LogP contribution in [0.25, 0.3) is 11.3 Å². The molecule has 6 heteroatoms. The van der Waals surface area contributed by atoms with E-state index in [9.17, 15) is 9.59 Å². The molecule has 22 heavy (non-hydrogen) atoms. The number of amides is 2.